The molecule has 158 valence electrons. The van der Waals surface area contributed by atoms with Gasteiger partial charge in [-0.05, 0) is 37.6 Å². The van der Waals surface area contributed by atoms with Gasteiger partial charge in [0.05, 0.1) is 6.04 Å². The fourth-order valence-electron chi connectivity index (χ4n) is 5.75. The number of amides is 1. The number of hydrogen-bond donors (Lipinski definition) is 2. The first-order chi connectivity index (χ1) is 14.2. The molecule has 6 nitrogen and oxygen atoms in total. The van der Waals surface area contributed by atoms with E-state index in [0.29, 0.717) is 24.3 Å². The van der Waals surface area contributed by atoms with Crippen molar-refractivity contribution >= 4 is 11.6 Å². The molecule has 0 spiro atoms. The summed E-state index contributed by atoms with van der Waals surface area (Å²) in [6, 6.07) is 10.1. The van der Waals surface area contributed by atoms with Crippen LogP contribution in [0.3, 0.4) is 0 Å². The van der Waals surface area contributed by atoms with Gasteiger partial charge in [-0.3, -0.25) is 10.2 Å². The van der Waals surface area contributed by atoms with E-state index in [1.165, 1.54) is 43.4 Å². The molecule has 29 heavy (non-hydrogen) atoms. The second-order valence-corrected chi connectivity index (χ2v) is 9.46. The van der Waals surface area contributed by atoms with Crippen molar-refractivity contribution in [3.05, 3.63) is 29.8 Å². The van der Waals surface area contributed by atoms with Gasteiger partial charge >= 0.3 is 0 Å². The molecule has 3 heterocycles. The number of rotatable bonds is 3. The summed E-state index contributed by atoms with van der Waals surface area (Å²) >= 11 is 0. The molecular weight excluding hydrogens is 362 g/mol. The van der Waals surface area contributed by atoms with Gasteiger partial charge < -0.3 is 14.7 Å². The van der Waals surface area contributed by atoms with E-state index >= 15 is 0 Å². The molecule has 6 heteroatoms. The van der Waals surface area contributed by atoms with E-state index in [0.717, 1.165) is 32.7 Å². The first-order valence-electron chi connectivity index (χ1n) is 11.5. The number of nitrogens with one attached hydrogen (secondary N) is 2. The third kappa shape index (κ3) is 3.90. The molecule has 1 amide bonds. The van der Waals surface area contributed by atoms with Gasteiger partial charge in [-0.1, -0.05) is 31.4 Å². The molecule has 3 aliphatic heterocycles. The van der Waals surface area contributed by atoms with Crippen LogP contribution in [0.5, 0.6) is 0 Å². The summed E-state index contributed by atoms with van der Waals surface area (Å²) in [5.74, 6) is 0.794. The van der Waals surface area contributed by atoms with Crippen LogP contribution in [0.15, 0.2) is 24.3 Å². The highest BCUT2D eigenvalue weighted by Crippen LogP contribution is 2.37. The van der Waals surface area contributed by atoms with Crippen LogP contribution < -0.4 is 15.8 Å². The van der Waals surface area contributed by atoms with E-state index < -0.39 is 0 Å². The smallest absolute Gasteiger partial charge is 0.224 e. The summed E-state index contributed by atoms with van der Waals surface area (Å²) in [6.07, 6.45) is 6.88. The number of hydrogen-bond acceptors (Lipinski definition) is 5. The molecule has 3 saturated heterocycles. The van der Waals surface area contributed by atoms with Crippen molar-refractivity contribution in [2.24, 2.45) is 5.92 Å². The molecule has 1 aliphatic carbocycles. The van der Waals surface area contributed by atoms with Crippen molar-refractivity contribution in [2.75, 3.05) is 44.7 Å². The molecule has 4 aliphatic rings. The van der Waals surface area contributed by atoms with Crippen LogP contribution in [0.1, 0.15) is 50.1 Å². The highest BCUT2D eigenvalue weighted by Gasteiger charge is 2.45. The Balaban J connectivity index is 1.28. The quantitative estimate of drug-likeness (QED) is 0.818. The van der Waals surface area contributed by atoms with Crippen molar-refractivity contribution < 1.29 is 4.79 Å². The molecule has 0 bridgehead atoms. The largest absolute Gasteiger partial charge is 0.369 e. The lowest BCUT2D eigenvalue weighted by Gasteiger charge is -2.42. The van der Waals surface area contributed by atoms with E-state index in [9.17, 15) is 4.79 Å². The predicted molar refractivity (Wildman–Crippen MR) is 116 cm³/mol. The summed E-state index contributed by atoms with van der Waals surface area (Å²) in [5, 5.41) is 0. The van der Waals surface area contributed by atoms with E-state index in [1.807, 2.05) is 0 Å². The molecule has 0 aromatic heterocycles. The average Bonchev–Trinajstić information content (AvgIpc) is 3.17. The minimum absolute atomic E-state index is 0.254. The lowest BCUT2D eigenvalue weighted by atomic mass is 9.83. The second-order valence-electron chi connectivity index (χ2n) is 9.46. The van der Waals surface area contributed by atoms with Crippen LogP contribution in [-0.2, 0) is 4.79 Å². The highest BCUT2D eigenvalue weighted by atomic mass is 16.2. The molecule has 5 rings (SSSR count). The standard InChI is InChI=1S/C23H35N5O/c1-26-11-13-27(14-12-26)18-9-7-17(8-10-18)23-20-16-28(19-5-3-2-4-6-19)22(29)15-21(20)24-25-23/h7-10,19-21,23-25H,2-6,11-16H2,1H3. The van der Waals surface area contributed by atoms with Crippen LogP contribution in [0.4, 0.5) is 5.69 Å². The van der Waals surface area contributed by atoms with Gasteiger partial charge in [0, 0.05) is 62.8 Å². The van der Waals surface area contributed by atoms with Crippen LogP contribution in [0.25, 0.3) is 0 Å². The maximum absolute atomic E-state index is 12.8. The molecule has 1 saturated carbocycles. The lowest BCUT2D eigenvalue weighted by molar-refractivity contribution is -0.139. The summed E-state index contributed by atoms with van der Waals surface area (Å²) in [7, 11) is 2.20. The van der Waals surface area contributed by atoms with E-state index in [-0.39, 0.29) is 12.1 Å². The minimum Gasteiger partial charge on any atom is -0.369 e. The molecular formula is C23H35N5O. The van der Waals surface area contributed by atoms with Gasteiger partial charge in [-0.2, -0.15) is 0 Å². The monoisotopic (exact) mass is 397 g/mol. The van der Waals surface area contributed by atoms with Crippen molar-refractivity contribution in [1.29, 1.82) is 0 Å². The average molecular weight is 398 g/mol. The number of piperidine rings is 1. The van der Waals surface area contributed by atoms with Crippen molar-refractivity contribution in [1.82, 2.24) is 20.7 Å². The number of carbonyl (C=O) groups excluding carboxylic acids is 1. The van der Waals surface area contributed by atoms with Crippen LogP contribution in [-0.4, -0.2) is 67.6 Å². The Bertz CT molecular complexity index is 708. The number of likely N-dealkylation sites (tertiary alicyclic amines) is 1. The number of piperazine rings is 1. The fraction of sp³-hybridized carbons (Fsp3) is 0.696. The zero-order valence-corrected chi connectivity index (χ0v) is 17.6. The van der Waals surface area contributed by atoms with Crippen LogP contribution in [0, 0.1) is 5.92 Å². The Labute approximate surface area is 174 Å². The zero-order chi connectivity index (χ0) is 19.8. The summed E-state index contributed by atoms with van der Waals surface area (Å²) in [6.45, 7) is 5.35. The number of hydrazine groups is 1. The molecule has 3 atom stereocenters. The van der Waals surface area contributed by atoms with Crippen LogP contribution >= 0.6 is 0 Å². The molecule has 1 aromatic carbocycles. The normalized spacial score (nSPS) is 31.9. The molecule has 2 N–H and O–H groups in total. The van der Waals surface area contributed by atoms with Gasteiger partial charge in [-0.15, -0.1) is 0 Å². The number of benzene rings is 1. The first-order valence-corrected chi connectivity index (χ1v) is 11.5. The second kappa shape index (κ2) is 8.25. The number of fused-ring (bicyclic) bond motifs is 1. The van der Waals surface area contributed by atoms with Crippen molar-refractivity contribution in [3.8, 4) is 0 Å². The fourth-order valence-corrected chi connectivity index (χ4v) is 5.75. The highest BCUT2D eigenvalue weighted by molar-refractivity contribution is 5.78. The minimum atomic E-state index is 0.254. The summed E-state index contributed by atoms with van der Waals surface area (Å²) in [5.41, 5.74) is 9.61. The Morgan fingerprint density at radius 3 is 2.38 bits per heavy atom. The van der Waals surface area contributed by atoms with Crippen molar-refractivity contribution in [3.63, 3.8) is 0 Å². The molecule has 3 unspecified atom stereocenters. The van der Waals surface area contributed by atoms with Gasteiger partial charge in [0.25, 0.3) is 0 Å². The van der Waals surface area contributed by atoms with Gasteiger partial charge in [0.2, 0.25) is 5.91 Å². The maximum atomic E-state index is 12.8. The van der Waals surface area contributed by atoms with Crippen molar-refractivity contribution in [2.45, 2.75) is 56.7 Å². The Kier molecular flexibility index (Phi) is 5.50. The van der Waals surface area contributed by atoms with E-state index in [4.69, 9.17) is 0 Å². The molecule has 4 fully saturated rings. The zero-order valence-electron chi connectivity index (χ0n) is 17.6. The number of anilines is 1. The Hall–Kier alpha value is -1.63. The number of carbonyl (C=O) groups is 1. The number of nitrogens with zero attached hydrogens (tertiary/aromatic N) is 3. The van der Waals surface area contributed by atoms with Gasteiger partial charge in [0.1, 0.15) is 0 Å². The maximum Gasteiger partial charge on any atom is 0.224 e. The first kappa shape index (κ1) is 19.3. The topological polar surface area (TPSA) is 50.9 Å². The SMILES string of the molecule is CN1CCN(c2ccc(C3NNC4CC(=O)N(C5CCCCC5)CC43)cc2)CC1. The third-order valence-corrected chi connectivity index (χ3v) is 7.63. The third-order valence-electron chi connectivity index (χ3n) is 7.63. The van der Waals surface area contributed by atoms with Crippen LogP contribution in [0.2, 0.25) is 0 Å². The predicted octanol–water partition coefficient (Wildman–Crippen LogP) is 2.14. The van der Waals surface area contributed by atoms with E-state index in [2.05, 4.69) is 56.9 Å². The van der Waals surface area contributed by atoms with Gasteiger partial charge in [-0.25, -0.2) is 5.43 Å². The Morgan fingerprint density at radius 1 is 0.931 bits per heavy atom. The number of likely N-dealkylation sites (N-methyl/N-ethyl adjacent to an activating group) is 1. The molecule has 1 aromatic rings. The summed E-state index contributed by atoms with van der Waals surface area (Å²) in [4.78, 5) is 19.9. The van der Waals surface area contributed by atoms with Gasteiger partial charge in [0.15, 0.2) is 0 Å². The summed E-state index contributed by atoms with van der Waals surface area (Å²) < 4.78 is 0. The lowest BCUT2D eigenvalue weighted by Crippen LogP contribution is -2.53. The Morgan fingerprint density at radius 2 is 1.66 bits per heavy atom. The van der Waals surface area contributed by atoms with E-state index in [1.54, 1.807) is 0 Å². The molecule has 0 radical (unpaired) electrons.